The van der Waals surface area contributed by atoms with E-state index in [9.17, 15) is 4.79 Å². The van der Waals surface area contributed by atoms with Crippen LogP contribution in [0.25, 0.3) is 0 Å². The molecular weight excluding hydrogens is 428 g/mol. The Morgan fingerprint density at radius 3 is 2.59 bits per heavy atom. The minimum atomic E-state index is -0.172. The number of amides is 1. The maximum atomic E-state index is 13.0. The lowest BCUT2D eigenvalue weighted by atomic mass is 9.84. The van der Waals surface area contributed by atoms with Crippen molar-refractivity contribution in [2.75, 3.05) is 5.73 Å². The number of nitrogens with two attached hydrogens (primary N) is 1. The van der Waals surface area contributed by atoms with Gasteiger partial charge < -0.3 is 15.8 Å². The van der Waals surface area contributed by atoms with Crippen molar-refractivity contribution < 1.29 is 14.3 Å². The summed E-state index contributed by atoms with van der Waals surface area (Å²) < 4.78 is 11.3. The normalized spacial score (nSPS) is 18.7. The number of nitrogens with zero attached hydrogens (tertiary/aromatic N) is 2. The van der Waals surface area contributed by atoms with Crippen LogP contribution in [0.15, 0.2) is 53.2 Å². The molecule has 0 radical (unpaired) electrons. The molecule has 4 heterocycles. The molecule has 1 aromatic heterocycles. The number of nitrogen functional groups attached to an aromatic ring is 1. The second-order valence-corrected chi connectivity index (χ2v) is 8.89. The van der Waals surface area contributed by atoms with Gasteiger partial charge in [-0.3, -0.25) is 4.79 Å². The zero-order valence-corrected chi connectivity index (χ0v) is 18.9. The summed E-state index contributed by atoms with van der Waals surface area (Å²) in [7, 11) is 0. The number of benzene rings is 2. The molecule has 0 spiro atoms. The quantitative estimate of drug-likeness (QED) is 0.572. The average molecular weight is 452 g/mol. The van der Waals surface area contributed by atoms with Crippen LogP contribution in [0.4, 0.5) is 5.82 Å². The number of rotatable bonds is 5. The van der Waals surface area contributed by atoms with E-state index in [2.05, 4.69) is 39.8 Å². The van der Waals surface area contributed by atoms with Crippen LogP contribution in [0.3, 0.4) is 0 Å². The zero-order valence-electron chi connectivity index (χ0n) is 18.9. The van der Waals surface area contributed by atoms with Crippen LogP contribution < -0.4 is 11.1 Å². The summed E-state index contributed by atoms with van der Waals surface area (Å²) >= 11 is 0. The van der Waals surface area contributed by atoms with E-state index in [0.29, 0.717) is 24.3 Å². The molecule has 7 heteroatoms. The number of carbonyl (C=O) groups excluding carboxylic acids is 1. The predicted molar refractivity (Wildman–Crippen MR) is 127 cm³/mol. The molecule has 0 aliphatic carbocycles. The number of anilines is 1. The number of carbonyl (C=O) groups is 1. The molecule has 3 N–H and O–H groups in total. The van der Waals surface area contributed by atoms with Gasteiger partial charge in [0, 0.05) is 24.2 Å². The van der Waals surface area contributed by atoms with Crippen LogP contribution in [0.5, 0.6) is 0 Å². The van der Waals surface area contributed by atoms with Gasteiger partial charge in [0.2, 0.25) is 0 Å². The van der Waals surface area contributed by atoms with E-state index in [1.165, 1.54) is 12.0 Å². The fourth-order valence-corrected chi connectivity index (χ4v) is 5.06. The fourth-order valence-electron chi connectivity index (χ4n) is 5.06. The highest BCUT2D eigenvalue weighted by molar-refractivity contribution is 5.94. The summed E-state index contributed by atoms with van der Waals surface area (Å²) in [5.41, 5.74) is 15.7. The molecule has 3 aromatic rings. The molecule has 2 atom stereocenters. The maximum Gasteiger partial charge on any atom is 0.343 e. The van der Waals surface area contributed by atoms with E-state index in [0.717, 1.165) is 44.8 Å². The van der Waals surface area contributed by atoms with Crippen LogP contribution >= 0.6 is 0 Å². The number of ether oxygens (including phenoxy) is 2. The Bertz CT molecular complexity index is 1390. The predicted octanol–water partition coefficient (Wildman–Crippen LogP) is 3.98. The van der Waals surface area contributed by atoms with Gasteiger partial charge in [-0.2, -0.15) is 0 Å². The van der Waals surface area contributed by atoms with Crippen LogP contribution in [0.1, 0.15) is 67.2 Å². The monoisotopic (exact) mass is 451 g/mol. The number of fused-ring (bicyclic) bond motifs is 8. The van der Waals surface area contributed by atoms with Crippen molar-refractivity contribution in [1.82, 2.24) is 10.3 Å². The summed E-state index contributed by atoms with van der Waals surface area (Å²) in [6.45, 7) is 4.28. The molecule has 0 saturated carbocycles. The number of aromatic nitrogens is 1. The van der Waals surface area contributed by atoms with Crippen molar-refractivity contribution in [3.63, 3.8) is 0 Å². The molecule has 1 amide bonds. The Kier molecular flexibility index (Phi) is 4.69. The van der Waals surface area contributed by atoms with Crippen molar-refractivity contribution in [2.24, 2.45) is 4.99 Å². The maximum absolute atomic E-state index is 13.0. The van der Waals surface area contributed by atoms with Gasteiger partial charge in [0.05, 0.1) is 0 Å². The van der Waals surface area contributed by atoms with E-state index >= 15 is 0 Å². The second kappa shape index (κ2) is 7.76. The largest absolute Gasteiger partial charge is 0.384 e. The smallest absolute Gasteiger partial charge is 0.343 e. The number of hydrogen-bond donors (Lipinski definition) is 2. The third-order valence-corrected chi connectivity index (χ3v) is 6.71. The Labute approximate surface area is 197 Å². The fraction of sp³-hybridized carbons (Fsp3) is 0.222. The highest BCUT2D eigenvalue weighted by Crippen LogP contribution is 2.54. The van der Waals surface area contributed by atoms with Crippen LogP contribution in [0.2, 0.25) is 0 Å². The Morgan fingerprint density at radius 2 is 1.82 bits per heavy atom. The first kappa shape index (κ1) is 20.5. The molecule has 2 bridgehead atoms. The highest BCUT2D eigenvalue weighted by atomic mass is 16.5. The average Bonchev–Trinajstić information content (AvgIpc) is 3.54. The van der Waals surface area contributed by atoms with Crippen LogP contribution in [-0.2, 0) is 22.4 Å². The number of nitrogens with one attached hydrogen (secondary N) is 1. The molecule has 3 aliphatic rings. The number of pyridine rings is 1. The number of allylic oxidation sites excluding steroid dienone is 1. The van der Waals surface area contributed by atoms with Crippen molar-refractivity contribution in [3.05, 3.63) is 105 Å². The summed E-state index contributed by atoms with van der Waals surface area (Å²) in [4.78, 5) is 21.4. The van der Waals surface area contributed by atoms with Gasteiger partial charge in [-0.25, -0.2) is 9.72 Å². The lowest BCUT2D eigenvalue weighted by Gasteiger charge is -2.17. The number of aryl methyl sites for hydroxylation is 2. The molecule has 7 nitrogen and oxygen atoms in total. The molecule has 168 valence electrons. The third kappa shape index (κ3) is 3.34. The molecular formula is C27H23N4O3+. The molecule has 0 fully saturated rings. The third-order valence-electron chi connectivity index (χ3n) is 6.71. The van der Waals surface area contributed by atoms with E-state index in [-0.39, 0.29) is 18.1 Å². The SMILES string of the molecule is Cc1cc(N)nc(C)c1CNC(=O)c1ccc2c(c1)C1OC2c2ccc(CC3=[C+]OC=N3)cc21. The van der Waals surface area contributed by atoms with Gasteiger partial charge in [-0.15, -0.1) is 0 Å². The van der Waals surface area contributed by atoms with Gasteiger partial charge in [0.1, 0.15) is 18.0 Å². The van der Waals surface area contributed by atoms with E-state index in [1.807, 2.05) is 38.1 Å². The first-order chi connectivity index (χ1) is 16.5. The molecule has 0 saturated heterocycles. The van der Waals surface area contributed by atoms with Crippen molar-refractivity contribution in [3.8, 4) is 0 Å². The van der Waals surface area contributed by atoms with Crippen molar-refractivity contribution >= 4 is 18.1 Å². The number of hydrogen-bond acceptors (Lipinski definition) is 6. The van der Waals surface area contributed by atoms with Crippen LogP contribution in [-0.4, -0.2) is 17.3 Å². The van der Waals surface area contributed by atoms with Crippen molar-refractivity contribution in [1.29, 1.82) is 0 Å². The second-order valence-electron chi connectivity index (χ2n) is 8.89. The van der Waals surface area contributed by atoms with E-state index < -0.39 is 0 Å². The lowest BCUT2D eigenvalue weighted by Crippen LogP contribution is -2.24. The summed E-state index contributed by atoms with van der Waals surface area (Å²) in [5, 5.41) is 3.02. The van der Waals surface area contributed by atoms with E-state index in [4.69, 9.17) is 15.2 Å². The highest BCUT2D eigenvalue weighted by Gasteiger charge is 2.43. The standard InChI is InChI=1S/C27H22N4O3/c1-14-7-24(28)31-15(2)23(14)11-29-27(32)17-4-6-20-22(10-17)26-21-9-16(8-18-12-33-13-30-18)3-5-19(21)25(20)34-26/h3-7,9-10,13,25-26H,8,11H2,1-2H3,(H2-,28,29,31,32)/p+1. The summed E-state index contributed by atoms with van der Waals surface area (Å²) in [6, 6.07) is 14.1. The minimum absolute atomic E-state index is 0.0917. The van der Waals surface area contributed by atoms with Gasteiger partial charge in [0.25, 0.3) is 11.6 Å². The first-order valence-electron chi connectivity index (χ1n) is 11.2. The Morgan fingerprint density at radius 1 is 1.06 bits per heavy atom. The Hall–Kier alpha value is -4.06. The summed E-state index contributed by atoms with van der Waals surface area (Å²) in [5.74, 6) is 0.359. The van der Waals surface area contributed by atoms with Gasteiger partial charge in [-0.1, -0.05) is 29.3 Å². The van der Waals surface area contributed by atoms with Gasteiger partial charge in [-0.05, 0) is 71.0 Å². The first-order valence-corrected chi connectivity index (χ1v) is 11.2. The van der Waals surface area contributed by atoms with Crippen LogP contribution in [0, 0.1) is 20.1 Å². The van der Waals surface area contributed by atoms with E-state index in [1.54, 1.807) is 0 Å². The number of aliphatic imine (C=N–C) groups is 1. The van der Waals surface area contributed by atoms with Crippen molar-refractivity contribution in [2.45, 2.75) is 39.0 Å². The summed E-state index contributed by atoms with van der Waals surface area (Å²) in [6.07, 6.45) is 4.56. The minimum Gasteiger partial charge on any atom is -0.384 e. The topological polar surface area (TPSA) is 98.8 Å². The molecule has 34 heavy (non-hydrogen) atoms. The molecule has 3 aliphatic heterocycles. The Balaban J connectivity index is 1.22. The molecule has 2 aromatic carbocycles. The zero-order chi connectivity index (χ0) is 23.4. The lowest BCUT2D eigenvalue weighted by molar-refractivity contribution is 0.0857. The molecule has 2 unspecified atom stereocenters. The van der Waals surface area contributed by atoms with Gasteiger partial charge >= 0.3 is 12.7 Å². The van der Waals surface area contributed by atoms with Gasteiger partial charge in [0.15, 0.2) is 0 Å². The molecule has 6 rings (SSSR count).